The first-order chi connectivity index (χ1) is 16.0. The highest BCUT2D eigenvalue weighted by Gasteiger charge is 2.30. The smallest absolute Gasteiger partial charge is 0.407 e. The molecule has 34 heavy (non-hydrogen) atoms. The van der Waals surface area contributed by atoms with Crippen LogP contribution >= 0.6 is 0 Å². The summed E-state index contributed by atoms with van der Waals surface area (Å²) < 4.78 is 8.36. The summed E-state index contributed by atoms with van der Waals surface area (Å²) in [6.07, 6.45) is 2.19. The van der Waals surface area contributed by atoms with Crippen molar-refractivity contribution in [1.29, 1.82) is 0 Å². The summed E-state index contributed by atoms with van der Waals surface area (Å²) in [5.41, 5.74) is 1.54. The molecule has 1 fully saturated rings. The summed E-state index contributed by atoms with van der Waals surface area (Å²) in [4.78, 5) is 29.5. The second-order valence-electron chi connectivity index (χ2n) is 9.87. The Morgan fingerprint density at radius 2 is 1.88 bits per heavy atom. The van der Waals surface area contributed by atoms with Crippen LogP contribution in [0, 0.1) is 0 Å². The van der Waals surface area contributed by atoms with Gasteiger partial charge in [0, 0.05) is 19.2 Å². The van der Waals surface area contributed by atoms with E-state index in [0.29, 0.717) is 24.9 Å². The van der Waals surface area contributed by atoms with Crippen LogP contribution in [0.25, 0.3) is 22.3 Å². The van der Waals surface area contributed by atoms with E-state index in [1.54, 1.807) is 11.7 Å². The average Bonchev–Trinajstić information content (AvgIpc) is 3.11. The summed E-state index contributed by atoms with van der Waals surface area (Å²) in [6, 6.07) is 7.62. The molecule has 3 N–H and O–H groups in total. The first-order valence-electron chi connectivity index (χ1n) is 11.5. The number of aryl methyl sites for hydroxylation is 1. The van der Waals surface area contributed by atoms with Crippen LogP contribution in [0.2, 0.25) is 0 Å². The number of aromatic nitrogens is 4. The van der Waals surface area contributed by atoms with Crippen LogP contribution in [0.4, 0.5) is 4.79 Å². The van der Waals surface area contributed by atoms with Gasteiger partial charge >= 0.3 is 6.09 Å². The first-order valence-corrected chi connectivity index (χ1v) is 11.5. The molecule has 1 aliphatic heterocycles. The van der Waals surface area contributed by atoms with Crippen LogP contribution in [0.5, 0.6) is 0 Å². The van der Waals surface area contributed by atoms with E-state index in [2.05, 4.69) is 20.7 Å². The molecule has 10 nitrogen and oxygen atoms in total. The molecule has 0 saturated carbocycles. The second kappa shape index (κ2) is 9.19. The number of amides is 1. The standard InChI is InChI=1S/C24H32N6O4/c1-23(2,3)34-22(32)26-13-16-5-7-17(8-6-16)20-18-19(28-29(20)4)21(31)30(15-27-18)14-24(33)9-11-25-12-10-24/h5-8,15,25,33H,9-14H2,1-4H3,(H,26,32). The predicted octanol–water partition coefficient (Wildman–Crippen LogP) is 1.94. The average molecular weight is 469 g/mol. The molecule has 10 heteroatoms. The van der Waals surface area contributed by atoms with Gasteiger partial charge in [-0.15, -0.1) is 0 Å². The van der Waals surface area contributed by atoms with E-state index in [1.165, 1.54) is 10.9 Å². The zero-order chi connectivity index (χ0) is 24.5. The fourth-order valence-corrected chi connectivity index (χ4v) is 4.17. The lowest BCUT2D eigenvalue weighted by Gasteiger charge is -2.32. The normalized spacial score (nSPS) is 15.9. The molecule has 4 rings (SSSR count). The Kier molecular flexibility index (Phi) is 6.46. The van der Waals surface area contributed by atoms with E-state index in [9.17, 15) is 14.7 Å². The zero-order valence-electron chi connectivity index (χ0n) is 20.1. The number of rotatable bonds is 5. The van der Waals surface area contributed by atoms with Crippen LogP contribution in [0.3, 0.4) is 0 Å². The van der Waals surface area contributed by atoms with Crippen LogP contribution < -0.4 is 16.2 Å². The maximum Gasteiger partial charge on any atom is 0.407 e. The Hall–Kier alpha value is -3.24. The molecule has 1 aliphatic rings. The van der Waals surface area contributed by atoms with Crippen molar-refractivity contribution in [3.8, 4) is 11.3 Å². The lowest BCUT2D eigenvalue weighted by Crippen LogP contribution is -2.46. The summed E-state index contributed by atoms with van der Waals surface area (Å²) in [6.45, 7) is 7.42. The Bertz CT molecular complexity index is 1230. The summed E-state index contributed by atoms with van der Waals surface area (Å²) in [5, 5.41) is 21.2. The summed E-state index contributed by atoms with van der Waals surface area (Å²) in [5.74, 6) is 0. The summed E-state index contributed by atoms with van der Waals surface area (Å²) in [7, 11) is 1.78. The van der Waals surface area contributed by atoms with Gasteiger partial charge in [0.15, 0.2) is 5.52 Å². The van der Waals surface area contributed by atoms with Gasteiger partial charge in [0.05, 0.1) is 24.2 Å². The van der Waals surface area contributed by atoms with Gasteiger partial charge < -0.3 is 20.5 Å². The molecule has 0 radical (unpaired) electrons. The molecule has 3 aromatic rings. The minimum Gasteiger partial charge on any atom is -0.444 e. The van der Waals surface area contributed by atoms with Crippen LogP contribution in [0.15, 0.2) is 35.4 Å². The molecule has 0 unspecified atom stereocenters. The molecule has 0 bridgehead atoms. The Labute approximate surface area is 197 Å². The van der Waals surface area contributed by atoms with Crippen LogP contribution in [0.1, 0.15) is 39.2 Å². The van der Waals surface area contributed by atoms with Gasteiger partial charge in [-0.3, -0.25) is 14.0 Å². The number of hydrogen-bond donors (Lipinski definition) is 3. The van der Waals surface area contributed by atoms with E-state index < -0.39 is 17.3 Å². The number of nitrogens with one attached hydrogen (secondary N) is 2. The number of nitrogens with zero attached hydrogens (tertiary/aromatic N) is 4. The SMILES string of the molecule is Cn1nc2c(=O)n(CC3(O)CCNCC3)cnc2c1-c1ccc(CNC(=O)OC(C)(C)C)cc1. The molecule has 0 atom stereocenters. The van der Waals surface area contributed by atoms with Gasteiger partial charge in [-0.05, 0) is 52.3 Å². The Morgan fingerprint density at radius 3 is 2.53 bits per heavy atom. The van der Waals surface area contributed by atoms with Crippen molar-refractivity contribution < 1.29 is 14.6 Å². The van der Waals surface area contributed by atoms with Gasteiger partial charge in [0.25, 0.3) is 5.56 Å². The molecule has 182 valence electrons. The van der Waals surface area contributed by atoms with Crippen molar-refractivity contribution in [2.75, 3.05) is 13.1 Å². The molecule has 0 spiro atoms. The molecule has 0 aliphatic carbocycles. The molecule has 1 saturated heterocycles. The monoisotopic (exact) mass is 468 g/mol. The third-order valence-corrected chi connectivity index (χ3v) is 5.87. The van der Waals surface area contributed by atoms with E-state index in [-0.39, 0.29) is 17.6 Å². The number of aliphatic hydroxyl groups is 1. The van der Waals surface area contributed by atoms with E-state index in [4.69, 9.17) is 4.74 Å². The quantitative estimate of drug-likeness (QED) is 0.523. The summed E-state index contributed by atoms with van der Waals surface area (Å²) >= 11 is 0. The number of alkyl carbamates (subject to hydrolysis) is 1. The number of carbonyl (C=O) groups excluding carboxylic acids is 1. The highest BCUT2D eigenvalue weighted by molar-refractivity contribution is 5.89. The van der Waals surface area contributed by atoms with Crippen molar-refractivity contribution in [3.63, 3.8) is 0 Å². The Balaban J connectivity index is 1.54. The Morgan fingerprint density at radius 1 is 1.21 bits per heavy atom. The number of hydrogen-bond acceptors (Lipinski definition) is 7. The van der Waals surface area contributed by atoms with E-state index >= 15 is 0 Å². The third kappa shape index (κ3) is 5.28. The molecule has 1 aromatic carbocycles. The van der Waals surface area contributed by atoms with Crippen molar-refractivity contribution in [1.82, 2.24) is 30.0 Å². The predicted molar refractivity (Wildman–Crippen MR) is 128 cm³/mol. The van der Waals surface area contributed by atoms with Gasteiger partial charge in [0.2, 0.25) is 0 Å². The van der Waals surface area contributed by atoms with E-state index in [1.807, 2.05) is 45.0 Å². The number of piperidine rings is 1. The first kappa shape index (κ1) is 23.9. The maximum atomic E-state index is 13.1. The third-order valence-electron chi connectivity index (χ3n) is 5.87. The minimum atomic E-state index is -0.925. The molecular formula is C24H32N6O4. The number of fused-ring (bicyclic) bond motifs is 1. The van der Waals surface area contributed by atoms with Crippen molar-refractivity contribution >= 4 is 17.1 Å². The van der Waals surface area contributed by atoms with E-state index in [0.717, 1.165) is 29.9 Å². The van der Waals surface area contributed by atoms with Crippen molar-refractivity contribution in [2.45, 2.75) is 57.9 Å². The highest BCUT2D eigenvalue weighted by atomic mass is 16.6. The van der Waals surface area contributed by atoms with Crippen molar-refractivity contribution in [2.24, 2.45) is 7.05 Å². The van der Waals surface area contributed by atoms with Gasteiger partial charge in [-0.2, -0.15) is 5.10 Å². The fraction of sp³-hybridized carbons (Fsp3) is 0.500. The number of carbonyl (C=O) groups is 1. The lowest BCUT2D eigenvalue weighted by molar-refractivity contribution is -0.00629. The lowest BCUT2D eigenvalue weighted by atomic mass is 9.92. The fourth-order valence-electron chi connectivity index (χ4n) is 4.17. The zero-order valence-corrected chi connectivity index (χ0v) is 20.1. The number of ether oxygens (including phenoxy) is 1. The topological polar surface area (TPSA) is 123 Å². The van der Waals surface area contributed by atoms with Crippen LogP contribution in [-0.4, -0.2) is 54.8 Å². The molecule has 3 heterocycles. The second-order valence-corrected chi connectivity index (χ2v) is 9.87. The van der Waals surface area contributed by atoms with Crippen molar-refractivity contribution in [3.05, 3.63) is 46.5 Å². The van der Waals surface area contributed by atoms with Gasteiger partial charge in [-0.1, -0.05) is 24.3 Å². The largest absolute Gasteiger partial charge is 0.444 e. The van der Waals surface area contributed by atoms with Gasteiger partial charge in [0.1, 0.15) is 11.1 Å². The minimum absolute atomic E-state index is 0.196. The number of benzene rings is 1. The van der Waals surface area contributed by atoms with Crippen LogP contribution in [-0.2, 0) is 24.9 Å². The molecule has 1 amide bonds. The molecular weight excluding hydrogens is 436 g/mol. The molecule has 2 aromatic heterocycles. The maximum absolute atomic E-state index is 13.1. The highest BCUT2D eigenvalue weighted by Crippen LogP contribution is 2.26. The van der Waals surface area contributed by atoms with Gasteiger partial charge in [-0.25, -0.2) is 9.78 Å².